The molecule has 106 valence electrons. The van der Waals surface area contributed by atoms with Crippen molar-refractivity contribution in [2.75, 3.05) is 0 Å². The number of hydrogen-bond donors (Lipinski definition) is 1. The number of hydrogen-bond acceptors (Lipinski definition) is 3. The number of nitrogens with one attached hydrogen (secondary N) is 1. The second-order valence-corrected chi connectivity index (χ2v) is 4.76. The second-order valence-electron chi connectivity index (χ2n) is 4.76. The standard InChI is InChI=1S/C16H16N4O/c1-2-16(21)18-10-12-7-8-15(17-9-12)20-11-19-13-5-3-4-6-14(13)20/h3-9,11H,2,10H2,1H3,(H,18,21). The number of para-hydroxylation sites is 2. The lowest BCUT2D eigenvalue weighted by molar-refractivity contribution is -0.120. The number of fused-ring (bicyclic) bond motifs is 1. The summed E-state index contributed by atoms with van der Waals surface area (Å²) >= 11 is 0. The van der Waals surface area contributed by atoms with Gasteiger partial charge in [-0.2, -0.15) is 0 Å². The van der Waals surface area contributed by atoms with Gasteiger partial charge in [-0.1, -0.05) is 25.1 Å². The summed E-state index contributed by atoms with van der Waals surface area (Å²) in [6.45, 7) is 2.34. The number of carbonyl (C=O) groups is 1. The molecule has 0 bridgehead atoms. The maximum absolute atomic E-state index is 11.2. The first-order valence-corrected chi connectivity index (χ1v) is 6.92. The van der Waals surface area contributed by atoms with Crippen LogP contribution in [0.15, 0.2) is 48.9 Å². The van der Waals surface area contributed by atoms with Crippen molar-refractivity contribution in [3.05, 3.63) is 54.5 Å². The SMILES string of the molecule is CCC(=O)NCc1ccc(-n2cnc3ccccc32)nc1. The van der Waals surface area contributed by atoms with Gasteiger partial charge in [0.2, 0.25) is 5.91 Å². The van der Waals surface area contributed by atoms with Crippen molar-refractivity contribution >= 4 is 16.9 Å². The van der Waals surface area contributed by atoms with E-state index >= 15 is 0 Å². The molecular weight excluding hydrogens is 264 g/mol. The molecule has 21 heavy (non-hydrogen) atoms. The third-order valence-electron chi connectivity index (χ3n) is 3.32. The van der Waals surface area contributed by atoms with Crippen molar-refractivity contribution in [2.24, 2.45) is 0 Å². The van der Waals surface area contributed by atoms with Gasteiger partial charge in [0.1, 0.15) is 12.1 Å². The fourth-order valence-electron chi connectivity index (χ4n) is 2.13. The van der Waals surface area contributed by atoms with Crippen molar-refractivity contribution < 1.29 is 4.79 Å². The molecule has 0 aliphatic rings. The molecule has 0 aliphatic carbocycles. The highest BCUT2D eigenvalue weighted by Crippen LogP contribution is 2.16. The molecule has 0 saturated carbocycles. The van der Waals surface area contributed by atoms with Crippen LogP contribution in [0.3, 0.4) is 0 Å². The predicted molar refractivity (Wildman–Crippen MR) is 81.0 cm³/mol. The van der Waals surface area contributed by atoms with Gasteiger partial charge < -0.3 is 5.32 Å². The Morgan fingerprint density at radius 3 is 2.81 bits per heavy atom. The summed E-state index contributed by atoms with van der Waals surface area (Å²) in [6, 6.07) is 11.8. The number of carbonyl (C=O) groups excluding carboxylic acids is 1. The fraction of sp³-hybridized carbons (Fsp3) is 0.188. The third-order valence-corrected chi connectivity index (χ3v) is 3.32. The average molecular weight is 280 g/mol. The number of amides is 1. The van der Waals surface area contributed by atoms with Crippen LogP contribution >= 0.6 is 0 Å². The number of benzene rings is 1. The summed E-state index contributed by atoms with van der Waals surface area (Å²) in [4.78, 5) is 20.0. The van der Waals surface area contributed by atoms with Gasteiger partial charge in [0, 0.05) is 19.2 Å². The normalized spacial score (nSPS) is 10.7. The lowest BCUT2D eigenvalue weighted by Gasteiger charge is -2.06. The van der Waals surface area contributed by atoms with E-state index in [1.165, 1.54) is 0 Å². The highest BCUT2D eigenvalue weighted by atomic mass is 16.1. The summed E-state index contributed by atoms with van der Waals surface area (Å²) in [5.41, 5.74) is 2.94. The average Bonchev–Trinajstić information content (AvgIpc) is 2.97. The summed E-state index contributed by atoms with van der Waals surface area (Å²) < 4.78 is 1.95. The number of nitrogens with zero attached hydrogens (tertiary/aromatic N) is 3. The van der Waals surface area contributed by atoms with Crippen molar-refractivity contribution in [3.63, 3.8) is 0 Å². The number of aromatic nitrogens is 3. The lowest BCUT2D eigenvalue weighted by atomic mass is 10.2. The molecule has 1 aromatic carbocycles. The molecule has 0 spiro atoms. The zero-order valence-electron chi connectivity index (χ0n) is 11.8. The highest BCUT2D eigenvalue weighted by Gasteiger charge is 2.05. The monoisotopic (exact) mass is 280 g/mol. The van der Waals surface area contributed by atoms with Gasteiger partial charge >= 0.3 is 0 Å². The summed E-state index contributed by atoms with van der Waals surface area (Å²) in [5, 5.41) is 2.83. The molecule has 0 radical (unpaired) electrons. The van der Waals surface area contributed by atoms with Crippen LogP contribution in [0.2, 0.25) is 0 Å². The van der Waals surface area contributed by atoms with Crippen LogP contribution in [0.5, 0.6) is 0 Å². The molecule has 2 aromatic heterocycles. The smallest absolute Gasteiger partial charge is 0.219 e. The van der Waals surface area contributed by atoms with Crippen LogP contribution in [0.25, 0.3) is 16.9 Å². The van der Waals surface area contributed by atoms with Crippen LogP contribution in [0.1, 0.15) is 18.9 Å². The van der Waals surface area contributed by atoms with E-state index < -0.39 is 0 Å². The van der Waals surface area contributed by atoms with Crippen LogP contribution in [-0.2, 0) is 11.3 Å². The van der Waals surface area contributed by atoms with E-state index in [0.717, 1.165) is 22.4 Å². The number of rotatable bonds is 4. The van der Waals surface area contributed by atoms with Crippen molar-refractivity contribution in [2.45, 2.75) is 19.9 Å². The largest absolute Gasteiger partial charge is 0.352 e. The highest BCUT2D eigenvalue weighted by molar-refractivity contribution is 5.77. The maximum atomic E-state index is 11.2. The van der Waals surface area contributed by atoms with E-state index in [1.54, 1.807) is 12.5 Å². The van der Waals surface area contributed by atoms with Crippen LogP contribution < -0.4 is 5.32 Å². The molecule has 3 rings (SSSR count). The molecule has 0 saturated heterocycles. The lowest BCUT2D eigenvalue weighted by Crippen LogP contribution is -2.21. The van der Waals surface area contributed by atoms with Crippen LogP contribution in [-0.4, -0.2) is 20.4 Å². The molecule has 5 heteroatoms. The maximum Gasteiger partial charge on any atom is 0.219 e. The molecule has 0 unspecified atom stereocenters. The Hall–Kier alpha value is -2.69. The van der Waals surface area contributed by atoms with E-state index in [-0.39, 0.29) is 5.91 Å². The zero-order chi connectivity index (χ0) is 14.7. The first kappa shape index (κ1) is 13.3. The minimum absolute atomic E-state index is 0.0414. The number of imidazole rings is 1. The summed E-state index contributed by atoms with van der Waals surface area (Å²) in [6.07, 6.45) is 4.04. The Morgan fingerprint density at radius 2 is 2.05 bits per heavy atom. The van der Waals surface area contributed by atoms with Gasteiger partial charge in [0.05, 0.1) is 11.0 Å². The molecule has 5 nitrogen and oxygen atoms in total. The Labute approximate surface area is 122 Å². The van der Waals surface area contributed by atoms with Gasteiger partial charge in [0.15, 0.2) is 0 Å². The first-order valence-electron chi connectivity index (χ1n) is 6.92. The van der Waals surface area contributed by atoms with Crippen LogP contribution in [0, 0.1) is 0 Å². The molecule has 1 N–H and O–H groups in total. The Bertz CT molecular complexity index is 761. The Balaban J connectivity index is 1.82. The molecule has 1 amide bonds. The van der Waals surface area contributed by atoms with Gasteiger partial charge in [-0.15, -0.1) is 0 Å². The summed E-state index contributed by atoms with van der Waals surface area (Å²) in [7, 11) is 0. The van der Waals surface area contributed by atoms with E-state index in [2.05, 4.69) is 15.3 Å². The third kappa shape index (κ3) is 2.76. The van der Waals surface area contributed by atoms with Crippen molar-refractivity contribution in [3.8, 4) is 5.82 Å². The van der Waals surface area contributed by atoms with Gasteiger partial charge in [-0.25, -0.2) is 9.97 Å². The predicted octanol–water partition coefficient (Wildman–Crippen LogP) is 2.45. The van der Waals surface area contributed by atoms with Crippen molar-refractivity contribution in [1.29, 1.82) is 0 Å². The number of pyridine rings is 1. The van der Waals surface area contributed by atoms with Gasteiger partial charge in [-0.05, 0) is 23.8 Å². The van der Waals surface area contributed by atoms with E-state index in [1.807, 2.05) is 47.9 Å². The zero-order valence-corrected chi connectivity index (χ0v) is 11.8. The topological polar surface area (TPSA) is 59.8 Å². The molecule has 0 aliphatic heterocycles. The van der Waals surface area contributed by atoms with Crippen molar-refractivity contribution in [1.82, 2.24) is 19.9 Å². The molecule has 3 aromatic rings. The Kier molecular flexibility index (Phi) is 3.64. The van der Waals surface area contributed by atoms with Gasteiger partial charge in [-0.3, -0.25) is 9.36 Å². The molecule has 2 heterocycles. The summed E-state index contributed by atoms with van der Waals surface area (Å²) in [5.74, 6) is 0.856. The minimum atomic E-state index is 0.0414. The van der Waals surface area contributed by atoms with Gasteiger partial charge in [0.25, 0.3) is 0 Å². The quantitative estimate of drug-likeness (QED) is 0.798. The second kappa shape index (κ2) is 5.75. The first-order chi connectivity index (χ1) is 10.3. The molecular formula is C16H16N4O. The molecule has 0 atom stereocenters. The molecule has 0 fully saturated rings. The Morgan fingerprint density at radius 1 is 1.19 bits per heavy atom. The van der Waals surface area contributed by atoms with E-state index in [4.69, 9.17) is 0 Å². The minimum Gasteiger partial charge on any atom is -0.352 e. The van der Waals surface area contributed by atoms with E-state index in [9.17, 15) is 4.79 Å². The van der Waals surface area contributed by atoms with Crippen LogP contribution in [0.4, 0.5) is 0 Å². The fourth-order valence-corrected chi connectivity index (χ4v) is 2.13. The van der Waals surface area contributed by atoms with E-state index in [0.29, 0.717) is 13.0 Å².